The molecule has 0 atom stereocenters. The number of benzene rings is 3. The largest absolute Gasteiger partial charge is 0.507 e. The molecule has 14 heteroatoms. The Morgan fingerprint density at radius 1 is 0.462 bits per heavy atom. The van der Waals surface area contributed by atoms with Gasteiger partial charge in [-0.15, -0.1) is 0 Å². The molecule has 0 unspecified atom stereocenters. The lowest BCUT2D eigenvalue weighted by atomic mass is 10.0. The molecule has 0 bridgehead atoms. The number of phenols is 1. The van der Waals surface area contributed by atoms with Gasteiger partial charge in [-0.1, -0.05) is 12.1 Å². The highest BCUT2D eigenvalue weighted by Crippen LogP contribution is 2.18. The smallest absolute Gasteiger partial charge is 0.346 e. The summed E-state index contributed by atoms with van der Waals surface area (Å²) in [5.74, 6) is -10.5. The highest BCUT2D eigenvalue weighted by Gasteiger charge is 2.26. The molecule has 200 valence electrons. The van der Waals surface area contributed by atoms with Gasteiger partial charge in [-0.05, 0) is 48.5 Å². The number of ether oxygens (including phenoxy) is 1. The van der Waals surface area contributed by atoms with E-state index in [2.05, 4.69) is 4.74 Å². The molecule has 3 aromatic rings. The van der Waals surface area contributed by atoms with Crippen LogP contribution in [0, 0.1) is 0 Å². The van der Waals surface area contributed by atoms with Crippen molar-refractivity contribution in [2.24, 2.45) is 0 Å². The lowest BCUT2D eigenvalue weighted by molar-refractivity contribution is 0.0385. The molecule has 0 saturated heterocycles. The van der Waals surface area contributed by atoms with Crippen molar-refractivity contribution in [3.63, 3.8) is 0 Å². The predicted molar refractivity (Wildman–Crippen MR) is 126 cm³/mol. The van der Waals surface area contributed by atoms with E-state index in [0.29, 0.717) is 12.1 Å². The Kier molecular flexibility index (Phi) is 9.18. The molecule has 0 radical (unpaired) electrons. The van der Waals surface area contributed by atoms with Crippen LogP contribution < -0.4 is 0 Å². The molecule has 0 saturated carbocycles. The van der Waals surface area contributed by atoms with Crippen LogP contribution in [0.15, 0.2) is 60.7 Å². The first-order chi connectivity index (χ1) is 18.2. The lowest BCUT2D eigenvalue weighted by Crippen LogP contribution is -2.19. The summed E-state index contributed by atoms with van der Waals surface area (Å²) < 4.78 is 4.51. The molecule has 0 amide bonds. The summed E-state index contributed by atoms with van der Waals surface area (Å²) in [5, 5.41) is 53.4. The average molecular weight is 540 g/mol. The molecule has 0 heterocycles. The number of carboxylic acid groups (broad SMARTS) is 5. The third kappa shape index (κ3) is 7.23. The SMILES string of the molecule is O=C(O)c1ccc(C(=O)OC(=O)c2ccc(C(=O)O)cc2C(=O)O)c(C(=O)O)c1.O=C(O)c1ccccc1O. The van der Waals surface area contributed by atoms with Crippen LogP contribution in [0.25, 0.3) is 0 Å². The van der Waals surface area contributed by atoms with E-state index in [1.54, 1.807) is 12.1 Å². The fourth-order valence-electron chi connectivity index (χ4n) is 2.91. The summed E-state index contributed by atoms with van der Waals surface area (Å²) >= 11 is 0. The highest BCUT2D eigenvalue weighted by atomic mass is 16.6. The third-order valence-corrected chi connectivity index (χ3v) is 4.75. The highest BCUT2D eigenvalue weighted by molar-refractivity contribution is 6.11. The van der Waals surface area contributed by atoms with Crippen LogP contribution in [0.1, 0.15) is 72.5 Å². The summed E-state index contributed by atoms with van der Waals surface area (Å²) in [4.78, 5) is 79.1. The molecule has 6 N–H and O–H groups in total. The van der Waals surface area contributed by atoms with Gasteiger partial charge in [0.15, 0.2) is 0 Å². The van der Waals surface area contributed by atoms with E-state index in [-0.39, 0.29) is 11.3 Å². The van der Waals surface area contributed by atoms with Crippen molar-refractivity contribution in [3.8, 4) is 5.75 Å². The maximum Gasteiger partial charge on any atom is 0.346 e. The number of hydrogen-bond donors (Lipinski definition) is 6. The van der Waals surface area contributed by atoms with E-state index < -0.39 is 75.2 Å². The number of aromatic carboxylic acids is 5. The number of rotatable bonds is 7. The Hall–Kier alpha value is -6.05. The monoisotopic (exact) mass is 540 g/mol. The van der Waals surface area contributed by atoms with Gasteiger partial charge in [0.1, 0.15) is 11.3 Å². The van der Waals surface area contributed by atoms with Gasteiger partial charge in [-0.3, -0.25) is 0 Å². The average Bonchev–Trinajstić information content (AvgIpc) is 2.88. The van der Waals surface area contributed by atoms with Crippen molar-refractivity contribution in [1.29, 1.82) is 0 Å². The second-order valence-electron chi connectivity index (χ2n) is 7.24. The van der Waals surface area contributed by atoms with Crippen molar-refractivity contribution >= 4 is 41.8 Å². The summed E-state index contributed by atoms with van der Waals surface area (Å²) in [6.07, 6.45) is 0. The second kappa shape index (κ2) is 12.3. The topological polar surface area (TPSA) is 250 Å². The van der Waals surface area contributed by atoms with Crippen molar-refractivity contribution in [2.45, 2.75) is 0 Å². The summed E-state index contributed by atoms with van der Waals surface area (Å²) in [7, 11) is 0. The van der Waals surface area contributed by atoms with Crippen LogP contribution in [0.2, 0.25) is 0 Å². The van der Waals surface area contributed by atoms with Gasteiger partial charge in [0, 0.05) is 0 Å². The third-order valence-electron chi connectivity index (χ3n) is 4.75. The van der Waals surface area contributed by atoms with Crippen molar-refractivity contribution in [1.82, 2.24) is 0 Å². The number of carbonyl (C=O) groups is 7. The van der Waals surface area contributed by atoms with E-state index in [1.165, 1.54) is 12.1 Å². The first-order valence-electron chi connectivity index (χ1n) is 10.2. The Balaban J connectivity index is 0.000000446. The number of aromatic hydroxyl groups is 1. The molecule has 0 spiro atoms. The number of carbonyl (C=O) groups excluding carboxylic acids is 2. The molecule has 3 aromatic carbocycles. The summed E-state index contributed by atoms with van der Waals surface area (Å²) in [6.45, 7) is 0. The normalized spacial score (nSPS) is 9.85. The maximum atomic E-state index is 12.2. The first-order valence-corrected chi connectivity index (χ1v) is 10.2. The fourth-order valence-corrected chi connectivity index (χ4v) is 2.91. The molecular weight excluding hydrogens is 524 g/mol. The molecule has 0 aromatic heterocycles. The van der Waals surface area contributed by atoms with Gasteiger partial charge in [-0.2, -0.15) is 0 Å². The van der Waals surface area contributed by atoms with E-state index in [9.17, 15) is 33.6 Å². The van der Waals surface area contributed by atoms with Crippen molar-refractivity contribution < 1.29 is 68.9 Å². The first kappa shape index (κ1) is 29.2. The zero-order valence-corrected chi connectivity index (χ0v) is 19.2. The molecule has 0 aliphatic rings. The number of para-hydroxylation sites is 1. The number of esters is 2. The molecule has 0 aliphatic carbocycles. The second-order valence-corrected chi connectivity index (χ2v) is 7.24. The standard InChI is InChI=1S/C18H10O11.C7H6O3/c19-13(20)7-1-3-9(11(5-7)15(23)24)17(27)29-18(28)10-4-2-8(14(21)22)6-12(10)16(25)26;8-6-4-2-1-3-5(6)7(9)10/h1-6H,(H,19,20)(H,21,22)(H,23,24)(H,25,26);1-4,8H,(H,9,10). The lowest BCUT2D eigenvalue weighted by Gasteiger charge is -2.09. The van der Waals surface area contributed by atoms with Crippen LogP contribution in [-0.2, 0) is 4.74 Å². The van der Waals surface area contributed by atoms with Crippen LogP contribution in [0.4, 0.5) is 0 Å². The quantitative estimate of drug-likeness (QED) is 0.186. The number of hydrogen-bond acceptors (Lipinski definition) is 9. The Labute approximate surface area is 216 Å². The van der Waals surface area contributed by atoms with Crippen LogP contribution in [0.3, 0.4) is 0 Å². The molecular formula is C25H16O14. The Morgan fingerprint density at radius 2 is 0.846 bits per heavy atom. The summed E-state index contributed by atoms with van der Waals surface area (Å²) in [6, 6.07) is 10.7. The maximum absolute atomic E-state index is 12.2. The molecule has 14 nitrogen and oxygen atoms in total. The van der Waals surface area contributed by atoms with E-state index >= 15 is 0 Å². The van der Waals surface area contributed by atoms with Gasteiger partial charge in [0.2, 0.25) is 0 Å². The van der Waals surface area contributed by atoms with E-state index in [0.717, 1.165) is 24.3 Å². The molecule has 3 rings (SSSR count). The minimum atomic E-state index is -1.66. The summed E-state index contributed by atoms with van der Waals surface area (Å²) in [5.41, 5.74) is -3.71. The molecule has 39 heavy (non-hydrogen) atoms. The van der Waals surface area contributed by atoms with Gasteiger partial charge in [-0.25, -0.2) is 33.6 Å². The van der Waals surface area contributed by atoms with E-state index in [4.69, 9.17) is 30.6 Å². The molecule has 0 fully saturated rings. The fraction of sp³-hybridized carbons (Fsp3) is 0. The minimum absolute atomic E-state index is 0.0671. The van der Waals surface area contributed by atoms with Gasteiger partial charge < -0.3 is 35.4 Å². The van der Waals surface area contributed by atoms with Crippen molar-refractivity contribution in [2.75, 3.05) is 0 Å². The number of carboxylic acids is 5. The zero-order valence-electron chi connectivity index (χ0n) is 19.2. The Bertz CT molecular complexity index is 1430. The van der Waals surface area contributed by atoms with E-state index in [1.807, 2.05) is 0 Å². The van der Waals surface area contributed by atoms with Crippen LogP contribution in [-0.4, -0.2) is 72.4 Å². The van der Waals surface area contributed by atoms with Gasteiger partial charge in [0.25, 0.3) is 0 Å². The van der Waals surface area contributed by atoms with Crippen LogP contribution >= 0.6 is 0 Å². The van der Waals surface area contributed by atoms with Gasteiger partial charge in [0.05, 0.1) is 33.4 Å². The van der Waals surface area contributed by atoms with Crippen LogP contribution in [0.5, 0.6) is 5.75 Å². The minimum Gasteiger partial charge on any atom is -0.507 e. The zero-order chi connectivity index (χ0) is 29.4. The molecule has 0 aliphatic heterocycles. The Morgan fingerprint density at radius 3 is 1.15 bits per heavy atom. The van der Waals surface area contributed by atoms with Crippen molar-refractivity contribution in [3.05, 3.63) is 99.6 Å². The predicted octanol–water partition coefficient (Wildman–Crippen LogP) is 2.57. The van der Waals surface area contributed by atoms with Gasteiger partial charge >= 0.3 is 41.8 Å².